The number of likely N-dealkylation sites (tertiary alicyclic amines) is 1. The lowest BCUT2D eigenvalue weighted by Crippen LogP contribution is -2.51. The van der Waals surface area contributed by atoms with E-state index in [-0.39, 0.29) is 17.9 Å². The number of carbonyl (C=O) groups excluding carboxylic acids is 1. The summed E-state index contributed by atoms with van der Waals surface area (Å²) in [5.41, 5.74) is 4.55. The first-order valence-corrected chi connectivity index (χ1v) is 8.90. The molecule has 0 aromatic heterocycles. The average molecular weight is 339 g/mol. The lowest BCUT2D eigenvalue weighted by Gasteiger charge is -2.44. The molecule has 0 bridgehead atoms. The molecule has 1 aliphatic heterocycles. The topological polar surface area (TPSA) is 20.3 Å². The van der Waals surface area contributed by atoms with Crippen LogP contribution in [0.25, 0.3) is 5.57 Å². The molecule has 2 heteroatoms. The number of carbonyl (C=O) groups is 1. The predicted octanol–water partition coefficient (Wildman–Crippen LogP) is 4.95. The molecule has 3 aromatic carbocycles. The van der Waals surface area contributed by atoms with Crippen LogP contribution in [0.2, 0.25) is 0 Å². The second kappa shape index (κ2) is 7.01. The Morgan fingerprint density at radius 2 is 1.23 bits per heavy atom. The zero-order valence-corrected chi connectivity index (χ0v) is 14.7. The Morgan fingerprint density at radius 3 is 1.73 bits per heavy atom. The fourth-order valence-electron chi connectivity index (χ4n) is 3.68. The number of β-lactam (4-membered cyclic amide) rings is 1. The van der Waals surface area contributed by atoms with Crippen LogP contribution in [0.5, 0.6) is 0 Å². The molecular formula is C24H21NO. The molecular weight excluding hydrogens is 318 g/mol. The van der Waals surface area contributed by atoms with Crippen molar-refractivity contribution in [3.05, 3.63) is 114 Å². The third kappa shape index (κ3) is 2.95. The molecule has 1 saturated heterocycles. The van der Waals surface area contributed by atoms with Crippen LogP contribution in [0.1, 0.15) is 22.7 Å². The lowest BCUT2D eigenvalue weighted by atomic mass is 9.80. The van der Waals surface area contributed by atoms with Crippen molar-refractivity contribution in [3.8, 4) is 0 Å². The van der Waals surface area contributed by atoms with Crippen molar-refractivity contribution < 1.29 is 4.79 Å². The summed E-state index contributed by atoms with van der Waals surface area (Å²) < 4.78 is 0. The number of hydrogen-bond donors (Lipinski definition) is 0. The van der Waals surface area contributed by atoms with Crippen LogP contribution in [0.4, 0.5) is 0 Å². The van der Waals surface area contributed by atoms with Crippen molar-refractivity contribution in [2.45, 2.75) is 6.04 Å². The lowest BCUT2D eigenvalue weighted by molar-refractivity contribution is -0.150. The minimum atomic E-state index is -0.141. The molecule has 0 N–H and O–H groups in total. The zero-order chi connectivity index (χ0) is 17.9. The van der Waals surface area contributed by atoms with E-state index in [0.717, 1.165) is 16.7 Å². The fourth-order valence-corrected chi connectivity index (χ4v) is 3.68. The minimum Gasteiger partial charge on any atom is -0.337 e. The van der Waals surface area contributed by atoms with Gasteiger partial charge >= 0.3 is 0 Å². The summed E-state index contributed by atoms with van der Waals surface area (Å²) in [4.78, 5) is 14.5. The summed E-state index contributed by atoms with van der Waals surface area (Å²) in [6, 6.07) is 30.9. The molecule has 0 unspecified atom stereocenters. The van der Waals surface area contributed by atoms with Crippen LogP contribution < -0.4 is 0 Å². The van der Waals surface area contributed by atoms with Gasteiger partial charge in [0, 0.05) is 7.05 Å². The van der Waals surface area contributed by atoms with Crippen LogP contribution in [0.15, 0.2) is 97.1 Å². The molecule has 2 nitrogen and oxygen atoms in total. The van der Waals surface area contributed by atoms with Gasteiger partial charge in [-0.05, 0) is 22.3 Å². The van der Waals surface area contributed by atoms with Crippen LogP contribution >= 0.6 is 0 Å². The first-order valence-electron chi connectivity index (χ1n) is 8.90. The van der Waals surface area contributed by atoms with E-state index in [1.165, 1.54) is 5.56 Å². The summed E-state index contributed by atoms with van der Waals surface area (Å²) in [6.45, 7) is 0. The summed E-state index contributed by atoms with van der Waals surface area (Å²) in [5, 5.41) is 0. The molecule has 1 heterocycles. The molecule has 0 aliphatic carbocycles. The van der Waals surface area contributed by atoms with E-state index in [4.69, 9.17) is 0 Å². The first kappa shape index (κ1) is 16.3. The van der Waals surface area contributed by atoms with Gasteiger partial charge in [0.25, 0.3) is 0 Å². The summed E-state index contributed by atoms with van der Waals surface area (Å²) in [6.07, 6.45) is 2.14. The van der Waals surface area contributed by atoms with E-state index in [0.29, 0.717) is 0 Å². The molecule has 26 heavy (non-hydrogen) atoms. The Labute approximate surface area is 154 Å². The number of rotatable bonds is 4. The molecule has 2 atom stereocenters. The molecule has 1 fully saturated rings. The summed E-state index contributed by atoms with van der Waals surface area (Å²) in [5.74, 6) is 0.0287. The average Bonchev–Trinajstić information content (AvgIpc) is 2.72. The van der Waals surface area contributed by atoms with Crippen LogP contribution in [0.3, 0.4) is 0 Å². The minimum absolute atomic E-state index is 0.0890. The van der Waals surface area contributed by atoms with Gasteiger partial charge in [-0.25, -0.2) is 0 Å². The molecule has 128 valence electrons. The Morgan fingerprint density at radius 1 is 0.769 bits per heavy atom. The van der Waals surface area contributed by atoms with Crippen molar-refractivity contribution in [2.75, 3.05) is 7.05 Å². The van der Waals surface area contributed by atoms with Crippen LogP contribution in [-0.4, -0.2) is 17.9 Å². The maximum absolute atomic E-state index is 12.6. The van der Waals surface area contributed by atoms with Gasteiger partial charge in [0.2, 0.25) is 5.91 Å². The molecule has 4 rings (SSSR count). The Kier molecular flexibility index (Phi) is 4.40. The molecule has 1 amide bonds. The van der Waals surface area contributed by atoms with Crippen molar-refractivity contribution in [3.63, 3.8) is 0 Å². The highest BCUT2D eigenvalue weighted by Crippen LogP contribution is 2.41. The molecule has 0 radical (unpaired) electrons. The number of amides is 1. The third-order valence-electron chi connectivity index (χ3n) is 5.05. The number of nitrogens with zero attached hydrogens (tertiary/aromatic N) is 1. The number of benzene rings is 3. The SMILES string of the molecule is CN1C(=O)[C@@H](C=C(c2ccccc2)c2ccccc2)[C@@H]1c1ccccc1. The van der Waals surface area contributed by atoms with E-state index in [9.17, 15) is 4.79 Å². The van der Waals surface area contributed by atoms with E-state index in [1.54, 1.807) is 0 Å². The monoisotopic (exact) mass is 339 g/mol. The molecule has 0 spiro atoms. The van der Waals surface area contributed by atoms with Crippen molar-refractivity contribution in [1.29, 1.82) is 0 Å². The van der Waals surface area contributed by atoms with Crippen molar-refractivity contribution in [2.24, 2.45) is 5.92 Å². The third-order valence-corrected chi connectivity index (χ3v) is 5.05. The van der Waals surface area contributed by atoms with E-state index in [1.807, 2.05) is 66.5 Å². The molecule has 1 aliphatic rings. The van der Waals surface area contributed by atoms with Crippen molar-refractivity contribution in [1.82, 2.24) is 4.90 Å². The van der Waals surface area contributed by atoms with Gasteiger partial charge in [-0.15, -0.1) is 0 Å². The maximum Gasteiger partial charge on any atom is 0.232 e. The Hall–Kier alpha value is -3.13. The highest BCUT2D eigenvalue weighted by atomic mass is 16.2. The van der Waals surface area contributed by atoms with Gasteiger partial charge in [-0.1, -0.05) is 97.1 Å². The van der Waals surface area contributed by atoms with E-state index in [2.05, 4.69) is 42.5 Å². The standard InChI is InChI=1S/C24H21NO/c1-25-23(20-15-9-4-10-16-20)22(24(25)26)17-21(18-11-5-2-6-12-18)19-13-7-3-8-14-19/h2-17,22-23H,1H3/t22-,23-/m0/s1. The van der Waals surface area contributed by atoms with E-state index < -0.39 is 0 Å². The first-order chi connectivity index (χ1) is 12.8. The second-order valence-electron chi connectivity index (χ2n) is 6.64. The predicted molar refractivity (Wildman–Crippen MR) is 105 cm³/mol. The van der Waals surface area contributed by atoms with Crippen LogP contribution in [0, 0.1) is 5.92 Å². The quantitative estimate of drug-likeness (QED) is 0.616. The van der Waals surface area contributed by atoms with Gasteiger partial charge in [-0.3, -0.25) is 4.79 Å². The zero-order valence-electron chi connectivity index (χ0n) is 14.7. The van der Waals surface area contributed by atoms with Gasteiger partial charge in [-0.2, -0.15) is 0 Å². The highest BCUT2D eigenvalue weighted by molar-refractivity contribution is 5.92. The smallest absolute Gasteiger partial charge is 0.232 e. The normalized spacial score (nSPS) is 19.0. The summed E-state index contributed by atoms with van der Waals surface area (Å²) >= 11 is 0. The van der Waals surface area contributed by atoms with Gasteiger partial charge in [0.1, 0.15) is 0 Å². The van der Waals surface area contributed by atoms with E-state index >= 15 is 0 Å². The van der Waals surface area contributed by atoms with Crippen molar-refractivity contribution >= 4 is 11.5 Å². The van der Waals surface area contributed by atoms with Crippen LogP contribution in [-0.2, 0) is 4.79 Å². The fraction of sp³-hybridized carbons (Fsp3) is 0.125. The van der Waals surface area contributed by atoms with Gasteiger partial charge in [0.05, 0.1) is 12.0 Å². The maximum atomic E-state index is 12.6. The Balaban J connectivity index is 1.78. The number of hydrogen-bond acceptors (Lipinski definition) is 1. The highest BCUT2D eigenvalue weighted by Gasteiger charge is 2.44. The Bertz CT molecular complexity index is 875. The molecule has 0 saturated carbocycles. The van der Waals surface area contributed by atoms with Gasteiger partial charge in [0.15, 0.2) is 0 Å². The summed E-state index contributed by atoms with van der Waals surface area (Å²) in [7, 11) is 1.88. The van der Waals surface area contributed by atoms with Gasteiger partial charge < -0.3 is 4.90 Å². The largest absolute Gasteiger partial charge is 0.337 e. The molecule has 3 aromatic rings. The second-order valence-corrected chi connectivity index (χ2v) is 6.64.